The molecular formula is C38H44N6O4. The first kappa shape index (κ1) is 33.0. The number of fused-ring (bicyclic) bond motifs is 2. The lowest BCUT2D eigenvalue weighted by Gasteiger charge is -2.31. The molecule has 48 heavy (non-hydrogen) atoms. The monoisotopic (exact) mass is 648 g/mol. The van der Waals surface area contributed by atoms with E-state index in [1.54, 1.807) is 17.0 Å². The number of aryl methyl sites for hydroxylation is 1. The van der Waals surface area contributed by atoms with Gasteiger partial charge in [-0.15, -0.1) is 0 Å². The maximum absolute atomic E-state index is 14.3. The predicted molar refractivity (Wildman–Crippen MR) is 183 cm³/mol. The highest BCUT2D eigenvalue weighted by molar-refractivity contribution is 6.00. The first-order chi connectivity index (χ1) is 23.5. The van der Waals surface area contributed by atoms with Gasteiger partial charge in [0.05, 0.1) is 18.2 Å². The summed E-state index contributed by atoms with van der Waals surface area (Å²) in [5, 5.41) is 3.10. The van der Waals surface area contributed by atoms with Gasteiger partial charge in [-0.1, -0.05) is 60.7 Å². The van der Waals surface area contributed by atoms with Gasteiger partial charge in [0.15, 0.2) is 0 Å². The van der Waals surface area contributed by atoms with Crippen LogP contribution in [0, 0.1) is 0 Å². The Balaban J connectivity index is 1.26. The Morgan fingerprint density at radius 3 is 2.35 bits per heavy atom. The molecule has 0 unspecified atom stereocenters. The van der Waals surface area contributed by atoms with Gasteiger partial charge in [0.2, 0.25) is 5.91 Å². The number of para-hydroxylation sites is 1. The van der Waals surface area contributed by atoms with Crippen molar-refractivity contribution in [3.05, 3.63) is 120 Å². The molecule has 2 aliphatic heterocycles. The number of benzene rings is 3. The molecule has 3 heterocycles. The lowest BCUT2D eigenvalue weighted by atomic mass is 10.1. The third-order valence-electron chi connectivity index (χ3n) is 9.28. The summed E-state index contributed by atoms with van der Waals surface area (Å²) in [7, 11) is 2.00. The van der Waals surface area contributed by atoms with Crippen LogP contribution in [-0.4, -0.2) is 86.8 Å². The minimum absolute atomic E-state index is 0.0941. The number of hydrogen-bond donors (Lipinski definition) is 1. The molecule has 0 spiro atoms. The summed E-state index contributed by atoms with van der Waals surface area (Å²) in [6.07, 6.45) is 6.60. The minimum atomic E-state index is -0.710. The Bertz CT molecular complexity index is 1680. The zero-order valence-corrected chi connectivity index (χ0v) is 27.5. The molecule has 2 aliphatic rings. The number of hydrogen-bond acceptors (Lipinski definition) is 6. The van der Waals surface area contributed by atoms with Crippen molar-refractivity contribution in [1.82, 2.24) is 29.6 Å². The van der Waals surface area contributed by atoms with Crippen LogP contribution in [0.2, 0.25) is 0 Å². The van der Waals surface area contributed by atoms with Crippen molar-refractivity contribution in [2.45, 2.75) is 50.9 Å². The Hall–Kier alpha value is -4.96. The van der Waals surface area contributed by atoms with Gasteiger partial charge in [-0.25, -0.2) is 4.98 Å². The Morgan fingerprint density at radius 2 is 1.58 bits per heavy atom. The van der Waals surface area contributed by atoms with Crippen LogP contribution in [0.1, 0.15) is 57.8 Å². The minimum Gasteiger partial charge on any atom is -0.488 e. The number of nitrogens with zero attached hydrogens (tertiary/aromatic N) is 5. The molecule has 6 rings (SSSR count). The molecule has 10 nitrogen and oxygen atoms in total. The largest absolute Gasteiger partial charge is 0.488 e. The fourth-order valence-electron chi connectivity index (χ4n) is 6.64. The third-order valence-corrected chi connectivity index (χ3v) is 9.28. The highest BCUT2D eigenvalue weighted by atomic mass is 16.5. The van der Waals surface area contributed by atoms with E-state index in [1.165, 1.54) is 0 Å². The van der Waals surface area contributed by atoms with Gasteiger partial charge in [-0.3, -0.25) is 19.3 Å². The van der Waals surface area contributed by atoms with E-state index in [1.807, 2.05) is 102 Å². The second kappa shape index (κ2) is 15.8. The number of rotatable bonds is 7. The maximum Gasteiger partial charge on any atom is 0.258 e. The van der Waals surface area contributed by atoms with Gasteiger partial charge in [0.1, 0.15) is 24.2 Å². The molecule has 2 saturated heterocycles. The van der Waals surface area contributed by atoms with Crippen molar-refractivity contribution in [2.75, 3.05) is 32.7 Å². The fourth-order valence-corrected chi connectivity index (χ4v) is 6.64. The Morgan fingerprint density at radius 1 is 0.854 bits per heavy atom. The van der Waals surface area contributed by atoms with Crippen LogP contribution in [0.25, 0.3) is 0 Å². The second-order valence-corrected chi connectivity index (χ2v) is 12.6. The quantitative estimate of drug-likeness (QED) is 0.316. The molecule has 1 N–H and O–H groups in total. The van der Waals surface area contributed by atoms with Crippen LogP contribution in [0.4, 0.5) is 0 Å². The summed E-state index contributed by atoms with van der Waals surface area (Å²) < 4.78 is 8.17. The van der Waals surface area contributed by atoms with E-state index in [0.29, 0.717) is 49.5 Å². The van der Waals surface area contributed by atoms with Crippen LogP contribution < -0.4 is 10.1 Å². The predicted octanol–water partition coefficient (Wildman–Crippen LogP) is 4.53. The smallest absolute Gasteiger partial charge is 0.258 e. The molecule has 250 valence electrons. The molecular weight excluding hydrogens is 604 g/mol. The number of carbonyl (C=O) groups is 3. The van der Waals surface area contributed by atoms with Crippen LogP contribution in [0.5, 0.6) is 5.75 Å². The maximum atomic E-state index is 14.3. The molecule has 2 bridgehead atoms. The molecule has 2 atom stereocenters. The summed E-state index contributed by atoms with van der Waals surface area (Å²) in [6.45, 7) is 3.94. The number of ether oxygens (including phenoxy) is 1. The second-order valence-electron chi connectivity index (χ2n) is 12.6. The zero-order chi connectivity index (χ0) is 33.3. The molecule has 3 amide bonds. The van der Waals surface area contributed by atoms with Gasteiger partial charge in [-0.2, -0.15) is 0 Å². The zero-order valence-electron chi connectivity index (χ0n) is 27.5. The summed E-state index contributed by atoms with van der Waals surface area (Å²) in [6, 6.07) is 25.2. The topological polar surface area (TPSA) is 100 Å². The summed E-state index contributed by atoms with van der Waals surface area (Å²) in [5.74, 6) is 0.886. The Kier molecular flexibility index (Phi) is 10.8. The molecule has 0 aliphatic carbocycles. The molecule has 2 fully saturated rings. The molecule has 0 saturated carbocycles. The van der Waals surface area contributed by atoms with Gasteiger partial charge in [0.25, 0.3) is 11.8 Å². The SMILES string of the molecule is Cn1ccnc1CN1CCCCNC(=O)[C@@H]2C[C@@H](CN2C(=O)c2ccccc2OCc2ccccc2)N(C(=O)c2ccccc2)CCC1. The van der Waals surface area contributed by atoms with Crippen molar-refractivity contribution >= 4 is 17.7 Å². The standard InChI is InChI=1S/C38H44N6O4/c1-41-24-20-39-35(41)27-42-21-11-10-19-40-36(45)33-25-31(43(23-12-22-42)37(46)30-15-6-3-7-16-30)26-44(33)38(47)32-17-8-9-18-34(32)48-28-29-13-4-2-5-14-29/h2-9,13-18,20,24,31,33H,10-12,19,21-23,25-28H2,1H3,(H,40,45)/t31-,33-/m0/s1. The van der Waals surface area contributed by atoms with Gasteiger partial charge in [-0.05, 0) is 62.1 Å². The molecule has 4 aromatic rings. The first-order valence-corrected chi connectivity index (χ1v) is 16.9. The van der Waals surface area contributed by atoms with E-state index in [2.05, 4.69) is 15.2 Å². The summed E-state index contributed by atoms with van der Waals surface area (Å²) in [5.41, 5.74) is 1.98. The van der Waals surface area contributed by atoms with E-state index >= 15 is 0 Å². The number of amides is 3. The van der Waals surface area contributed by atoms with Crippen LogP contribution in [0.3, 0.4) is 0 Å². The Labute approximate surface area is 282 Å². The van der Waals surface area contributed by atoms with Crippen molar-refractivity contribution in [3.8, 4) is 5.75 Å². The average Bonchev–Trinajstić information content (AvgIpc) is 3.75. The van der Waals surface area contributed by atoms with Crippen molar-refractivity contribution in [1.29, 1.82) is 0 Å². The third kappa shape index (κ3) is 7.94. The molecule has 0 radical (unpaired) electrons. The average molecular weight is 649 g/mol. The van der Waals surface area contributed by atoms with E-state index in [-0.39, 0.29) is 30.3 Å². The van der Waals surface area contributed by atoms with Crippen molar-refractivity contribution in [3.63, 3.8) is 0 Å². The fraction of sp³-hybridized carbons (Fsp3) is 0.368. The lowest BCUT2D eigenvalue weighted by molar-refractivity contribution is -0.124. The van der Waals surface area contributed by atoms with E-state index in [0.717, 1.165) is 43.7 Å². The van der Waals surface area contributed by atoms with Gasteiger partial charge < -0.3 is 24.4 Å². The van der Waals surface area contributed by atoms with Crippen LogP contribution in [0.15, 0.2) is 97.3 Å². The normalized spacial score (nSPS) is 19.4. The highest BCUT2D eigenvalue weighted by Gasteiger charge is 2.43. The van der Waals surface area contributed by atoms with E-state index in [4.69, 9.17) is 4.74 Å². The van der Waals surface area contributed by atoms with Crippen LogP contribution >= 0.6 is 0 Å². The van der Waals surface area contributed by atoms with Gasteiger partial charge >= 0.3 is 0 Å². The molecule has 1 aromatic heterocycles. The summed E-state index contributed by atoms with van der Waals surface area (Å²) >= 11 is 0. The number of carbonyl (C=O) groups excluding carboxylic acids is 3. The van der Waals surface area contributed by atoms with E-state index in [9.17, 15) is 14.4 Å². The number of aromatic nitrogens is 2. The summed E-state index contributed by atoms with van der Waals surface area (Å²) in [4.78, 5) is 52.6. The number of likely N-dealkylation sites (tertiary alicyclic amines) is 1. The van der Waals surface area contributed by atoms with E-state index < -0.39 is 6.04 Å². The van der Waals surface area contributed by atoms with Crippen LogP contribution in [-0.2, 0) is 25.0 Å². The number of nitrogens with one attached hydrogen (secondary N) is 1. The van der Waals surface area contributed by atoms with Crippen molar-refractivity contribution in [2.24, 2.45) is 7.05 Å². The molecule has 3 aromatic carbocycles. The van der Waals surface area contributed by atoms with Crippen molar-refractivity contribution < 1.29 is 19.1 Å². The lowest BCUT2D eigenvalue weighted by Crippen LogP contribution is -2.46. The molecule has 10 heteroatoms. The number of imidazole rings is 1. The van der Waals surface area contributed by atoms with Gasteiger partial charge in [0, 0.05) is 51.2 Å². The highest BCUT2D eigenvalue weighted by Crippen LogP contribution is 2.29. The first-order valence-electron chi connectivity index (χ1n) is 16.9.